The van der Waals surface area contributed by atoms with Gasteiger partial charge in [0, 0.05) is 13.1 Å². The van der Waals surface area contributed by atoms with Gasteiger partial charge in [-0.2, -0.15) is 0 Å². The van der Waals surface area contributed by atoms with Gasteiger partial charge in [-0.15, -0.1) is 0 Å². The molecule has 0 saturated heterocycles. The fourth-order valence-electron chi connectivity index (χ4n) is 3.52. The molecular formula is C25H28N2O. The largest absolute Gasteiger partial charge is 0.342 e. The third kappa shape index (κ3) is 4.68. The predicted octanol–water partition coefficient (Wildman–Crippen LogP) is 4.98. The standard InChI is InChI=1S/C25H28N2O/c1-3-27(4-2)25(28)24(22-18-12-7-13-19-22)26-23(20-14-8-5-9-15-20)21-16-10-6-11-17-21/h5-19,23-24,26H,3-4H2,1-2H3. The van der Waals surface area contributed by atoms with Gasteiger partial charge in [0.2, 0.25) is 5.91 Å². The Morgan fingerprint density at radius 1 is 0.714 bits per heavy atom. The van der Waals surface area contributed by atoms with Crippen molar-refractivity contribution >= 4 is 5.91 Å². The van der Waals surface area contributed by atoms with E-state index >= 15 is 0 Å². The predicted molar refractivity (Wildman–Crippen MR) is 115 cm³/mol. The smallest absolute Gasteiger partial charge is 0.244 e. The quantitative estimate of drug-likeness (QED) is 0.605. The Kier molecular flexibility index (Phi) is 6.99. The molecule has 3 rings (SSSR count). The van der Waals surface area contributed by atoms with Gasteiger partial charge in [-0.3, -0.25) is 10.1 Å². The van der Waals surface area contributed by atoms with Gasteiger partial charge in [0.1, 0.15) is 6.04 Å². The van der Waals surface area contributed by atoms with Gasteiger partial charge in [-0.05, 0) is 30.5 Å². The monoisotopic (exact) mass is 372 g/mol. The number of nitrogens with zero attached hydrogens (tertiary/aromatic N) is 1. The topological polar surface area (TPSA) is 32.3 Å². The number of amides is 1. The summed E-state index contributed by atoms with van der Waals surface area (Å²) in [6.45, 7) is 5.44. The van der Waals surface area contributed by atoms with Gasteiger partial charge in [-0.25, -0.2) is 0 Å². The van der Waals surface area contributed by atoms with E-state index in [0.29, 0.717) is 13.1 Å². The first-order chi connectivity index (χ1) is 13.7. The lowest BCUT2D eigenvalue weighted by atomic mass is 9.96. The highest BCUT2D eigenvalue weighted by atomic mass is 16.2. The average Bonchev–Trinajstić information content (AvgIpc) is 2.77. The summed E-state index contributed by atoms with van der Waals surface area (Å²) in [7, 11) is 0. The number of nitrogens with one attached hydrogen (secondary N) is 1. The van der Waals surface area contributed by atoms with Gasteiger partial charge >= 0.3 is 0 Å². The van der Waals surface area contributed by atoms with Crippen molar-refractivity contribution < 1.29 is 4.79 Å². The van der Waals surface area contributed by atoms with Gasteiger partial charge in [0.05, 0.1) is 6.04 Å². The van der Waals surface area contributed by atoms with Crippen LogP contribution in [0.1, 0.15) is 42.6 Å². The van der Waals surface area contributed by atoms with Crippen LogP contribution in [0, 0.1) is 0 Å². The Hall–Kier alpha value is -2.91. The summed E-state index contributed by atoms with van der Waals surface area (Å²) in [6, 6.07) is 30.1. The molecule has 3 heteroatoms. The molecule has 28 heavy (non-hydrogen) atoms. The van der Waals surface area contributed by atoms with Crippen molar-refractivity contribution in [3.63, 3.8) is 0 Å². The minimum absolute atomic E-state index is 0.0767. The highest BCUT2D eigenvalue weighted by molar-refractivity contribution is 5.83. The van der Waals surface area contributed by atoms with Crippen LogP contribution in [-0.2, 0) is 4.79 Å². The lowest BCUT2D eigenvalue weighted by molar-refractivity contribution is -0.133. The second-order valence-electron chi connectivity index (χ2n) is 6.78. The van der Waals surface area contributed by atoms with Gasteiger partial charge in [0.25, 0.3) is 0 Å². The van der Waals surface area contributed by atoms with Crippen LogP contribution in [-0.4, -0.2) is 23.9 Å². The molecule has 1 atom stereocenters. The number of hydrogen-bond acceptors (Lipinski definition) is 2. The van der Waals surface area contributed by atoms with E-state index in [1.165, 1.54) is 0 Å². The number of carbonyl (C=O) groups excluding carboxylic acids is 1. The van der Waals surface area contributed by atoms with Gasteiger partial charge < -0.3 is 4.90 Å². The van der Waals surface area contributed by atoms with Crippen molar-refractivity contribution in [3.8, 4) is 0 Å². The van der Waals surface area contributed by atoms with E-state index in [-0.39, 0.29) is 11.9 Å². The average molecular weight is 373 g/mol. The SMILES string of the molecule is CCN(CC)C(=O)C(NC(c1ccccc1)c1ccccc1)c1ccccc1. The highest BCUT2D eigenvalue weighted by Gasteiger charge is 2.28. The molecule has 0 aliphatic carbocycles. The zero-order valence-corrected chi connectivity index (χ0v) is 16.6. The molecule has 1 N–H and O–H groups in total. The third-order valence-corrected chi connectivity index (χ3v) is 5.05. The van der Waals surface area contributed by atoms with Crippen LogP contribution in [0.2, 0.25) is 0 Å². The summed E-state index contributed by atoms with van der Waals surface area (Å²) in [6.07, 6.45) is 0. The molecule has 0 saturated carbocycles. The van der Waals surface area contributed by atoms with Crippen molar-refractivity contribution in [2.24, 2.45) is 0 Å². The minimum Gasteiger partial charge on any atom is -0.342 e. The molecule has 1 amide bonds. The lowest BCUT2D eigenvalue weighted by Crippen LogP contribution is -2.42. The molecule has 0 aromatic heterocycles. The maximum atomic E-state index is 13.4. The Morgan fingerprint density at radius 3 is 1.50 bits per heavy atom. The van der Waals surface area contributed by atoms with Crippen molar-refractivity contribution in [1.29, 1.82) is 0 Å². The molecule has 3 aromatic rings. The molecule has 0 radical (unpaired) electrons. The fraction of sp³-hybridized carbons (Fsp3) is 0.240. The fourth-order valence-corrected chi connectivity index (χ4v) is 3.52. The Balaban J connectivity index is 2.01. The summed E-state index contributed by atoms with van der Waals surface area (Å²) in [5.74, 6) is 0.105. The molecule has 0 fully saturated rings. The summed E-state index contributed by atoms with van der Waals surface area (Å²) in [4.78, 5) is 15.3. The number of likely N-dealkylation sites (N-methyl/N-ethyl adjacent to an activating group) is 1. The second kappa shape index (κ2) is 9.86. The lowest BCUT2D eigenvalue weighted by Gasteiger charge is -2.30. The van der Waals surface area contributed by atoms with Crippen molar-refractivity contribution in [1.82, 2.24) is 10.2 Å². The van der Waals surface area contributed by atoms with Crippen LogP contribution in [0.4, 0.5) is 0 Å². The van der Waals surface area contributed by atoms with Gasteiger partial charge in [0.15, 0.2) is 0 Å². The second-order valence-corrected chi connectivity index (χ2v) is 6.78. The molecule has 0 heterocycles. The summed E-state index contributed by atoms with van der Waals surface area (Å²) in [5, 5.41) is 3.66. The van der Waals surface area contributed by atoms with Crippen LogP contribution in [0.5, 0.6) is 0 Å². The zero-order chi connectivity index (χ0) is 19.8. The molecule has 0 aliphatic rings. The van der Waals surface area contributed by atoms with E-state index in [1.807, 2.05) is 85.5 Å². The van der Waals surface area contributed by atoms with E-state index in [2.05, 4.69) is 29.6 Å². The molecule has 1 unspecified atom stereocenters. The molecule has 0 bridgehead atoms. The number of rotatable bonds is 8. The molecule has 0 aliphatic heterocycles. The van der Waals surface area contributed by atoms with Crippen LogP contribution in [0.3, 0.4) is 0 Å². The van der Waals surface area contributed by atoms with Crippen LogP contribution in [0.15, 0.2) is 91.0 Å². The van der Waals surface area contributed by atoms with Crippen LogP contribution >= 0.6 is 0 Å². The maximum absolute atomic E-state index is 13.4. The normalized spacial score (nSPS) is 12.0. The van der Waals surface area contributed by atoms with Crippen molar-refractivity contribution in [3.05, 3.63) is 108 Å². The number of benzene rings is 3. The van der Waals surface area contributed by atoms with E-state index in [0.717, 1.165) is 16.7 Å². The summed E-state index contributed by atoms with van der Waals surface area (Å²) < 4.78 is 0. The molecule has 3 nitrogen and oxygen atoms in total. The van der Waals surface area contributed by atoms with Crippen LogP contribution < -0.4 is 5.32 Å². The third-order valence-electron chi connectivity index (χ3n) is 5.05. The minimum atomic E-state index is -0.411. The molecule has 0 spiro atoms. The first kappa shape index (κ1) is 19.8. The van der Waals surface area contributed by atoms with Crippen molar-refractivity contribution in [2.45, 2.75) is 25.9 Å². The van der Waals surface area contributed by atoms with Crippen LogP contribution in [0.25, 0.3) is 0 Å². The molecule has 3 aromatic carbocycles. The van der Waals surface area contributed by atoms with E-state index in [4.69, 9.17) is 0 Å². The number of carbonyl (C=O) groups is 1. The van der Waals surface area contributed by atoms with E-state index in [9.17, 15) is 4.79 Å². The van der Waals surface area contributed by atoms with Crippen molar-refractivity contribution in [2.75, 3.05) is 13.1 Å². The zero-order valence-electron chi connectivity index (χ0n) is 16.6. The highest BCUT2D eigenvalue weighted by Crippen LogP contribution is 2.27. The van der Waals surface area contributed by atoms with Gasteiger partial charge in [-0.1, -0.05) is 91.0 Å². The van der Waals surface area contributed by atoms with E-state index in [1.54, 1.807) is 0 Å². The molecular weight excluding hydrogens is 344 g/mol. The maximum Gasteiger partial charge on any atom is 0.244 e. The first-order valence-electron chi connectivity index (χ1n) is 9.94. The number of hydrogen-bond donors (Lipinski definition) is 1. The first-order valence-corrected chi connectivity index (χ1v) is 9.94. The van der Waals surface area contributed by atoms with E-state index < -0.39 is 6.04 Å². The Labute approximate surface area is 168 Å². The summed E-state index contributed by atoms with van der Waals surface area (Å²) in [5.41, 5.74) is 3.26. The Morgan fingerprint density at radius 2 is 1.11 bits per heavy atom. The Bertz CT molecular complexity index is 806. The summed E-state index contributed by atoms with van der Waals surface area (Å²) >= 11 is 0. The molecule has 144 valence electrons.